The molecule has 1 aromatic carbocycles. The lowest BCUT2D eigenvalue weighted by Crippen LogP contribution is -2.32. The van der Waals surface area contributed by atoms with Gasteiger partial charge in [0.1, 0.15) is 5.82 Å². The predicted octanol–water partition coefficient (Wildman–Crippen LogP) is 4.75. The zero-order valence-electron chi connectivity index (χ0n) is 11.3. The number of unbranched alkanes of at least 4 members (excludes halogenated alkanes) is 1. The van der Waals surface area contributed by atoms with Crippen LogP contribution in [0.3, 0.4) is 0 Å². The first-order valence-corrected chi connectivity index (χ1v) is 7.71. The van der Waals surface area contributed by atoms with E-state index in [0.29, 0.717) is 18.4 Å². The van der Waals surface area contributed by atoms with Gasteiger partial charge < -0.3 is 4.74 Å². The van der Waals surface area contributed by atoms with Crippen molar-refractivity contribution in [2.75, 3.05) is 25.0 Å². The van der Waals surface area contributed by atoms with E-state index in [4.69, 9.17) is 27.9 Å². The summed E-state index contributed by atoms with van der Waals surface area (Å²) in [5.41, 5.74) is 0.626. The van der Waals surface area contributed by atoms with E-state index in [-0.39, 0.29) is 11.2 Å². The maximum atomic E-state index is 13.0. The molecule has 0 fully saturated rings. The highest BCUT2D eigenvalue weighted by atomic mass is 35.5. The van der Waals surface area contributed by atoms with Gasteiger partial charge in [0.25, 0.3) is 0 Å². The summed E-state index contributed by atoms with van der Waals surface area (Å²) in [5.74, 6) is 0.555. The second-order valence-corrected chi connectivity index (χ2v) is 5.30. The summed E-state index contributed by atoms with van der Waals surface area (Å²) in [6.07, 6.45) is 2.93. The van der Waals surface area contributed by atoms with Crippen LogP contribution in [0.2, 0.25) is 0 Å². The summed E-state index contributed by atoms with van der Waals surface area (Å²) in [6.45, 7) is 3.51. The second kappa shape index (κ2) is 8.78. The molecule has 1 rings (SSSR count). The highest BCUT2D eigenvalue weighted by Gasteiger charge is 2.30. The Morgan fingerprint density at radius 3 is 2.26 bits per heavy atom. The van der Waals surface area contributed by atoms with E-state index >= 15 is 0 Å². The lowest BCUT2D eigenvalue weighted by atomic mass is 9.81. The summed E-state index contributed by atoms with van der Waals surface area (Å²) in [4.78, 5) is 0. The van der Waals surface area contributed by atoms with Crippen molar-refractivity contribution in [3.8, 4) is 0 Å². The molecule has 0 bridgehead atoms. The van der Waals surface area contributed by atoms with Gasteiger partial charge in [-0.15, -0.1) is 23.2 Å². The zero-order chi connectivity index (χ0) is 14.1. The Hall–Kier alpha value is -0.310. The normalized spacial score (nSPS) is 11.8. The van der Waals surface area contributed by atoms with E-state index in [0.717, 1.165) is 31.4 Å². The minimum absolute atomic E-state index is 0.249. The van der Waals surface area contributed by atoms with Crippen molar-refractivity contribution in [3.63, 3.8) is 0 Å². The van der Waals surface area contributed by atoms with Gasteiger partial charge in [-0.25, -0.2) is 4.39 Å². The fraction of sp³-hybridized carbons (Fsp3) is 0.600. The monoisotopic (exact) mass is 306 g/mol. The number of rotatable bonds is 9. The fourth-order valence-electron chi connectivity index (χ4n) is 1.89. The van der Waals surface area contributed by atoms with Crippen LogP contribution in [0.15, 0.2) is 24.3 Å². The molecule has 0 saturated carbocycles. The van der Waals surface area contributed by atoms with E-state index in [1.807, 2.05) is 0 Å². The molecule has 108 valence electrons. The Morgan fingerprint density at radius 1 is 1.11 bits per heavy atom. The van der Waals surface area contributed by atoms with Crippen molar-refractivity contribution in [1.82, 2.24) is 0 Å². The largest absolute Gasteiger partial charge is 0.381 e. The van der Waals surface area contributed by atoms with Crippen molar-refractivity contribution < 1.29 is 9.13 Å². The molecule has 0 aliphatic heterocycles. The van der Waals surface area contributed by atoms with Crippen molar-refractivity contribution >= 4 is 23.2 Å². The van der Waals surface area contributed by atoms with Crippen molar-refractivity contribution in [2.24, 2.45) is 0 Å². The number of ether oxygens (including phenoxy) is 1. The van der Waals surface area contributed by atoms with E-state index in [2.05, 4.69) is 6.92 Å². The Bertz CT molecular complexity index is 350. The highest BCUT2D eigenvalue weighted by molar-refractivity contribution is 6.22. The molecular weight excluding hydrogens is 286 g/mol. The highest BCUT2D eigenvalue weighted by Crippen LogP contribution is 2.31. The SMILES string of the molecule is CCCCOCCC(CCl)(CCl)c1ccc(F)cc1. The summed E-state index contributed by atoms with van der Waals surface area (Å²) in [5, 5.41) is 0. The second-order valence-electron chi connectivity index (χ2n) is 4.77. The van der Waals surface area contributed by atoms with Crippen LogP contribution in [0.4, 0.5) is 4.39 Å². The van der Waals surface area contributed by atoms with Gasteiger partial charge in [0.15, 0.2) is 0 Å². The molecule has 0 aliphatic carbocycles. The van der Waals surface area contributed by atoms with Gasteiger partial charge >= 0.3 is 0 Å². The van der Waals surface area contributed by atoms with Crippen LogP contribution >= 0.6 is 23.2 Å². The molecule has 0 atom stereocenters. The van der Waals surface area contributed by atoms with Crippen molar-refractivity contribution in [1.29, 1.82) is 0 Å². The fourth-order valence-corrected chi connectivity index (χ4v) is 2.75. The Morgan fingerprint density at radius 2 is 1.74 bits per heavy atom. The molecule has 0 N–H and O–H groups in total. The van der Waals surface area contributed by atoms with E-state index in [1.54, 1.807) is 12.1 Å². The van der Waals surface area contributed by atoms with Crippen LogP contribution in [0.5, 0.6) is 0 Å². The van der Waals surface area contributed by atoms with E-state index < -0.39 is 0 Å². The molecule has 0 spiro atoms. The average molecular weight is 307 g/mol. The average Bonchev–Trinajstić information content (AvgIpc) is 2.45. The number of halogens is 3. The summed E-state index contributed by atoms with van der Waals surface area (Å²) in [6, 6.07) is 6.40. The van der Waals surface area contributed by atoms with Crippen molar-refractivity contribution in [3.05, 3.63) is 35.6 Å². The molecule has 1 aromatic rings. The van der Waals surface area contributed by atoms with Crippen LogP contribution in [0.1, 0.15) is 31.7 Å². The van der Waals surface area contributed by atoms with Gasteiger partial charge in [-0.2, -0.15) is 0 Å². The number of alkyl halides is 2. The minimum atomic E-state index is -0.344. The first-order chi connectivity index (χ1) is 9.18. The lowest BCUT2D eigenvalue weighted by Gasteiger charge is -2.30. The molecule has 4 heteroatoms. The van der Waals surface area contributed by atoms with Gasteiger partial charge in [-0.1, -0.05) is 25.5 Å². The zero-order valence-corrected chi connectivity index (χ0v) is 12.8. The summed E-state index contributed by atoms with van der Waals surface area (Å²) in [7, 11) is 0. The van der Waals surface area contributed by atoms with E-state index in [1.165, 1.54) is 12.1 Å². The van der Waals surface area contributed by atoms with Gasteiger partial charge in [-0.3, -0.25) is 0 Å². The van der Waals surface area contributed by atoms with Crippen LogP contribution in [0.25, 0.3) is 0 Å². The lowest BCUT2D eigenvalue weighted by molar-refractivity contribution is 0.116. The number of hydrogen-bond donors (Lipinski definition) is 0. The van der Waals surface area contributed by atoms with Crippen molar-refractivity contribution in [2.45, 2.75) is 31.6 Å². The molecule has 0 amide bonds. The molecule has 1 nitrogen and oxygen atoms in total. The number of benzene rings is 1. The van der Waals surface area contributed by atoms with Crippen LogP contribution < -0.4 is 0 Å². The quantitative estimate of drug-likeness (QED) is 0.472. The molecule has 0 heterocycles. The maximum absolute atomic E-state index is 13.0. The third-order valence-corrected chi connectivity index (χ3v) is 4.36. The molecule has 0 aromatic heterocycles. The van der Waals surface area contributed by atoms with Crippen LogP contribution in [0, 0.1) is 5.82 Å². The summed E-state index contributed by atoms with van der Waals surface area (Å²) >= 11 is 12.2. The van der Waals surface area contributed by atoms with E-state index in [9.17, 15) is 4.39 Å². The summed E-state index contributed by atoms with van der Waals surface area (Å²) < 4.78 is 18.6. The van der Waals surface area contributed by atoms with Gasteiger partial charge in [0.05, 0.1) is 0 Å². The molecule has 0 radical (unpaired) electrons. The molecular formula is C15H21Cl2FO. The molecule has 0 aliphatic rings. The first-order valence-electron chi connectivity index (χ1n) is 6.64. The topological polar surface area (TPSA) is 9.23 Å². The third kappa shape index (κ3) is 4.94. The molecule has 19 heavy (non-hydrogen) atoms. The predicted molar refractivity (Wildman–Crippen MR) is 79.9 cm³/mol. The molecule has 0 unspecified atom stereocenters. The standard InChI is InChI=1S/C15H21Cl2FO/c1-2-3-9-19-10-8-15(11-16,12-17)13-4-6-14(18)7-5-13/h4-7H,2-3,8-12H2,1H3. The number of hydrogen-bond acceptors (Lipinski definition) is 1. The van der Waals surface area contributed by atoms with Crippen LogP contribution in [-0.2, 0) is 10.2 Å². The Labute approximate surface area is 125 Å². The Kier molecular flexibility index (Phi) is 7.74. The van der Waals surface area contributed by atoms with Gasteiger partial charge in [0.2, 0.25) is 0 Å². The Balaban J connectivity index is 2.65. The van der Waals surface area contributed by atoms with Crippen LogP contribution in [-0.4, -0.2) is 25.0 Å². The molecule has 0 saturated heterocycles. The third-order valence-electron chi connectivity index (χ3n) is 3.34. The minimum Gasteiger partial charge on any atom is -0.381 e. The maximum Gasteiger partial charge on any atom is 0.123 e. The van der Waals surface area contributed by atoms with Gasteiger partial charge in [0, 0.05) is 30.4 Å². The first kappa shape index (κ1) is 16.7. The van der Waals surface area contributed by atoms with Gasteiger partial charge in [-0.05, 0) is 30.5 Å². The smallest absolute Gasteiger partial charge is 0.123 e.